The van der Waals surface area contributed by atoms with Gasteiger partial charge in [0.15, 0.2) is 0 Å². The SMILES string of the molecule is COC(=O)c1cnc(N2CCC(c3cnn(C)c3)CC2)c([N+](=O)[O-])c1. The average Bonchev–Trinajstić information content (AvgIpc) is 3.07. The highest BCUT2D eigenvalue weighted by Crippen LogP contribution is 2.33. The number of hydrogen-bond acceptors (Lipinski definition) is 7. The third-order valence-electron chi connectivity index (χ3n) is 4.46. The second-order valence-corrected chi connectivity index (χ2v) is 6.02. The molecule has 9 heteroatoms. The van der Waals surface area contributed by atoms with Crippen molar-refractivity contribution in [1.82, 2.24) is 14.8 Å². The van der Waals surface area contributed by atoms with E-state index in [9.17, 15) is 14.9 Å². The van der Waals surface area contributed by atoms with Crippen LogP contribution in [0, 0.1) is 10.1 Å². The number of aryl methyl sites for hydroxylation is 1. The van der Waals surface area contributed by atoms with Crippen molar-refractivity contribution < 1.29 is 14.5 Å². The minimum Gasteiger partial charge on any atom is -0.465 e. The molecule has 0 spiro atoms. The molecule has 132 valence electrons. The molecule has 0 saturated carbocycles. The molecule has 0 amide bonds. The Kier molecular flexibility index (Phi) is 4.64. The second kappa shape index (κ2) is 6.88. The van der Waals surface area contributed by atoms with E-state index in [1.54, 1.807) is 4.68 Å². The number of esters is 1. The van der Waals surface area contributed by atoms with E-state index in [1.807, 2.05) is 24.3 Å². The summed E-state index contributed by atoms with van der Waals surface area (Å²) in [6.45, 7) is 1.32. The van der Waals surface area contributed by atoms with Gasteiger partial charge in [-0.05, 0) is 24.3 Å². The molecule has 0 aliphatic carbocycles. The third-order valence-corrected chi connectivity index (χ3v) is 4.46. The van der Waals surface area contributed by atoms with Crippen LogP contribution in [0.4, 0.5) is 11.5 Å². The van der Waals surface area contributed by atoms with Crippen LogP contribution in [-0.2, 0) is 11.8 Å². The number of rotatable bonds is 4. The molecule has 0 aromatic carbocycles. The summed E-state index contributed by atoms with van der Waals surface area (Å²) < 4.78 is 6.38. The van der Waals surface area contributed by atoms with Crippen molar-refractivity contribution in [2.24, 2.45) is 7.05 Å². The molecular weight excluding hydrogens is 326 g/mol. The van der Waals surface area contributed by atoms with Crippen molar-refractivity contribution >= 4 is 17.5 Å². The quantitative estimate of drug-likeness (QED) is 0.473. The van der Waals surface area contributed by atoms with Gasteiger partial charge in [-0.2, -0.15) is 5.10 Å². The number of pyridine rings is 1. The van der Waals surface area contributed by atoms with Crippen molar-refractivity contribution in [2.75, 3.05) is 25.1 Å². The topological polar surface area (TPSA) is 103 Å². The van der Waals surface area contributed by atoms with Crippen LogP contribution < -0.4 is 4.90 Å². The van der Waals surface area contributed by atoms with Gasteiger partial charge in [-0.1, -0.05) is 0 Å². The lowest BCUT2D eigenvalue weighted by Crippen LogP contribution is -2.34. The van der Waals surface area contributed by atoms with E-state index in [-0.39, 0.29) is 11.3 Å². The van der Waals surface area contributed by atoms with Crippen LogP contribution in [0.25, 0.3) is 0 Å². The van der Waals surface area contributed by atoms with Gasteiger partial charge < -0.3 is 9.64 Å². The average molecular weight is 345 g/mol. The van der Waals surface area contributed by atoms with Crippen LogP contribution in [0.15, 0.2) is 24.7 Å². The summed E-state index contributed by atoms with van der Waals surface area (Å²) in [4.78, 5) is 28.5. The summed E-state index contributed by atoms with van der Waals surface area (Å²) in [6.07, 6.45) is 6.92. The Bertz CT molecular complexity index is 796. The van der Waals surface area contributed by atoms with Gasteiger partial charge in [0.05, 0.1) is 23.8 Å². The van der Waals surface area contributed by atoms with Gasteiger partial charge in [-0.25, -0.2) is 9.78 Å². The number of methoxy groups -OCH3 is 1. The van der Waals surface area contributed by atoms with E-state index in [1.165, 1.54) is 24.9 Å². The summed E-state index contributed by atoms with van der Waals surface area (Å²) in [5.41, 5.74) is 1.08. The van der Waals surface area contributed by atoms with Crippen molar-refractivity contribution in [3.05, 3.63) is 45.9 Å². The molecule has 2 aromatic heterocycles. The Labute approximate surface area is 144 Å². The lowest BCUT2D eigenvalue weighted by atomic mass is 9.91. The van der Waals surface area contributed by atoms with Crippen molar-refractivity contribution in [3.8, 4) is 0 Å². The number of anilines is 1. The minimum absolute atomic E-state index is 0.0724. The first-order valence-corrected chi connectivity index (χ1v) is 7.96. The number of ether oxygens (including phenoxy) is 1. The zero-order chi connectivity index (χ0) is 18.0. The Morgan fingerprint density at radius 3 is 2.64 bits per heavy atom. The fraction of sp³-hybridized carbons (Fsp3) is 0.438. The van der Waals surface area contributed by atoms with E-state index >= 15 is 0 Å². The second-order valence-electron chi connectivity index (χ2n) is 6.02. The number of nitrogens with zero attached hydrogens (tertiary/aromatic N) is 5. The Hall–Kier alpha value is -2.97. The van der Waals surface area contributed by atoms with Gasteiger partial charge in [-0.15, -0.1) is 0 Å². The fourth-order valence-electron chi connectivity index (χ4n) is 3.13. The Morgan fingerprint density at radius 2 is 2.08 bits per heavy atom. The summed E-state index contributed by atoms with van der Waals surface area (Å²) in [6, 6.07) is 1.22. The molecule has 1 aliphatic rings. The molecule has 0 bridgehead atoms. The molecule has 0 radical (unpaired) electrons. The third kappa shape index (κ3) is 3.44. The highest BCUT2D eigenvalue weighted by atomic mass is 16.6. The van der Waals surface area contributed by atoms with E-state index < -0.39 is 10.9 Å². The normalized spacial score (nSPS) is 15.2. The molecule has 1 fully saturated rings. The van der Waals surface area contributed by atoms with Gasteiger partial charge in [-0.3, -0.25) is 14.8 Å². The fourth-order valence-corrected chi connectivity index (χ4v) is 3.13. The Morgan fingerprint density at radius 1 is 1.36 bits per heavy atom. The van der Waals surface area contributed by atoms with Crippen LogP contribution in [-0.4, -0.2) is 45.9 Å². The predicted octanol–water partition coefficient (Wildman–Crippen LogP) is 1.89. The molecule has 0 atom stereocenters. The number of piperidine rings is 1. The number of aromatic nitrogens is 3. The zero-order valence-electron chi connectivity index (χ0n) is 14.1. The highest BCUT2D eigenvalue weighted by molar-refractivity contribution is 5.90. The largest absolute Gasteiger partial charge is 0.465 e. The molecule has 2 aromatic rings. The standard InChI is InChI=1S/C16H19N5O4/c1-19-10-13(9-18-19)11-3-5-20(6-4-11)15-14(21(23)24)7-12(8-17-15)16(22)25-2/h7-11H,3-6H2,1-2H3. The van der Waals surface area contributed by atoms with Crippen LogP contribution in [0.5, 0.6) is 0 Å². The molecule has 9 nitrogen and oxygen atoms in total. The first kappa shape index (κ1) is 16.9. The van der Waals surface area contributed by atoms with E-state index in [0.29, 0.717) is 24.8 Å². The zero-order valence-corrected chi connectivity index (χ0v) is 14.1. The smallest absolute Gasteiger partial charge is 0.339 e. The number of carbonyl (C=O) groups excluding carboxylic acids is 1. The molecule has 1 saturated heterocycles. The highest BCUT2D eigenvalue weighted by Gasteiger charge is 2.28. The predicted molar refractivity (Wildman–Crippen MR) is 89.6 cm³/mol. The molecule has 0 unspecified atom stereocenters. The summed E-state index contributed by atoms with van der Waals surface area (Å²) in [5, 5.41) is 15.6. The van der Waals surface area contributed by atoms with Gasteiger partial charge in [0, 0.05) is 38.6 Å². The van der Waals surface area contributed by atoms with Crippen molar-refractivity contribution in [1.29, 1.82) is 0 Å². The van der Waals surface area contributed by atoms with Crippen LogP contribution in [0.2, 0.25) is 0 Å². The van der Waals surface area contributed by atoms with E-state index in [0.717, 1.165) is 12.8 Å². The summed E-state index contributed by atoms with van der Waals surface area (Å²) >= 11 is 0. The maximum atomic E-state index is 11.6. The van der Waals surface area contributed by atoms with E-state index in [2.05, 4.69) is 14.8 Å². The van der Waals surface area contributed by atoms with Gasteiger partial charge >= 0.3 is 11.7 Å². The lowest BCUT2D eigenvalue weighted by molar-refractivity contribution is -0.384. The minimum atomic E-state index is -0.641. The number of nitro groups is 1. The van der Waals surface area contributed by atoms with Crippen LogP contribution in [0.3, 0.4) is 0 Å². The maximum absolute atomic E-state index is 11.6. The number of carbonyl (C=O) groups is 1. The first-order chi connectivity index (χ1) is 12.0. The molecule has 1 aliphatic heterocycles. The van der Waals surface area contributed by atoms with Crippen molar-refractivity contribution in [3.63, 3.8) is 0 Å². The summed E-state index contributed by atoms with van der Waals surface area (Å²) in [7, 11) is 3.11. The Balaban J connectivity index is 1.78. The van der Waals surface area contributed by atoms with Gasteiger partial charge in [0.2, 0.25) is 5.82 Å². The monoisotopic (exact) mass is 345 g/mol. The van der Waals surface area contributed by atoms with Gasteiger partial charge in [0.1, 0.15) is 0 Å². The molecule has 0 N–H and O–H groups in total. The first-order valence-electron chi connectivity index (χ1n) is 7.96. The molecular formula is C16H19N5O4. The van der Waals surface area contributed by atoms with Crippen LogP contribution >= 0.6 is 0 Å². The summed E-state index contributed by atoms with van der Waals surface area (Å²) in [5.74, 6) is 0.0399. The van der Waals surface area contributed by atoms with Gasteiger partial charge in [0.25, 0.3) is 0 Å². The van der Waals surface area contributed by atoms with Crippen LogP contribution in [0.1, 0.15) is 34.7 Å². The number of hydrogen-bond donors (Lipinski definition) is 0. The lowest BCUT2D eigenvalue weighted by Gasteiger charge is -2.32. The van der Waals surface area contributed by atoms with Crippen molar-refractivity contribution in [2.45, 2.75) is 18.8 Å². The van der Waals surface area contributed by atoms with E-state index in [4.69, 9.17) is 0 Å². The molecule has 3 heterocycles. The maximum Gasteiger partial charge on any atom is 0.339 e. The molecule has 3 rings (SSSR count). The molecule has 25 heavy (non-hydrogen) atoms.